The first kappa shape index (κ1) is 36.6. The number of likely N-dealkylation sites (tertiary alicyclic amines) is 1. The lowest BCUT2D eigenvalue weighted by atomic mass is 9.98. The fraction of sp³-hybridized carbons (Fsp3) is 0.667. The van der Waals surface area contributed by atoms with Crippen LogP contribution in [-0.4, -0.2) is 90.5 Å². The smallest absolute Gasteiger partial charge is 0.408 e. The van der Waals surface area contributed by atoms with E-state index in [0.29, 0.717) is 25.9 Å². The summed E-state index contributed by atoms with van der Waals surface area (Å²) in [5, 5.41) is 17.5. The van der Waals surface area contributed by atoms with E-state index in [2.05, 4.69) is 16.0 Å². The van der Waals surface area contributed by atoms with Crippen molar-refractivity contribution in [2.24, 2.45) is 17.3 Å². The van der Waals surface area contributed by atoms with Crippen LogP contribution in [0, 0.1) is 17.3 Å². The van der Waals surface area contributed by atoms with Gasteiger partial charge in [-0.25, -0.2) is 14.4 Å². The van der Waals surface area contributed by atoms with Crippen LogP contribution in [0.4, 0.5) is 9.59 Å². The number of aliphatic hydroxyl groups excluding tert-OH is 1. The van der Waals surface area contributed by atoms with E-state index in [9.17, 15) is 29.1 Å². The van der Waals surface area contributed by atoms with Crippen LogP contribution in [0.25, 0.3) is 0 Å². The molecule has 1 saturated carbocycles. The lowest BCUT2D eigenvalue weighted by Gasteiger charge is -2.34. The molecular formula is C33H50N4O9. The first-order chi connectivity index (χ1) is 21.7. The fourth-order valence-corrected chi connectivity index (χ4v) is 6.10. The third-order valence-electron chi connectivity index (χ3n) is 8.60. The number of carbonyl (C=O) groups excluding carboxylic acids is 5. The minimum Gasteiger partial charge on any atom is -0.467 e. The first-order valence-electron chi connectivity index (χ1n) is 15.9. The van der Waals surface area contributed by atoms with Gasteiger partial charge in [-0.15, -0.1) is 0 Å². The van der Waals surface area contributed by atoms with Crippen molar-refractivity contribution >= 4 is 30.0 Å². The lowest BCUT2D eigenvalue weighted by molar-refractivity contribution is -0.147. The molecule has 2 fully saturated rings. The van der Waals surface area contributed by atoms with Crippen molar-refractivity contribution in [2.75, 3.05) is 26.8 Å². The fourth-order valence-electron chi connectivity index (χ4n) is 6.10. The molecule has 0 aromatic heterocycles. The normalized spacial score (nSPS) is 20.8. The van der Waals surface area contributed by atoms with E-state index in [1.165, 1.54) is 12.0 Å². The molecule has 5 atom stereocenters. The van der Waals surface area contributed by atoms with Gasteiger partial charge in [-0.2, -0.15) is 0 Å². The highest BCUT2D eigenvalue weighted by Gasteiger charge is 2.69. The molecule has 2 aliphatic rings. The van der Waals surface area contributed by atoms with E-state index in [-0.39, 0.29) is 49.7 Å². The topological polar surface area (TPSA) is 173 Å². The summed E-state index contributed by atoms with van der Waals surface area (Å²) in [5.74, 6) is -1.57. The molecule has 13 heteroatoms. The Morgan fingerprint density at radius 1 is 0.978 bits per heavy atom. The van der Waals surface area contributed by atoms with Gasteiger partial charge < -0.3 is 40.2 Å². The number of amides is 4. The van der Waals surface area contributed by atoms with Gasteiger partial charge in [0.05, 0.1) is 7.11 Å². The summed E-state index contributed by atoms with van der Waals surface area (Å²) in [6.45, 7) is 9.85. The SMILES string of the molecule is COC(=O)C(CCCCNC(=O)OCc1ccccc1)NC(=O)[C@@H]1[C@@H]2C(CN1C(=O)[C@H](CCCO)NC(=O)OC(C)(C)C)C2(C)C. The number of hydrogen-bond donors (Lipinski definition) is 4. The zero-order valence-corrected chi connectivity index (χ0v) is 27.8. The summed E-state index contributed by atoms with van der Waals surface area (Å²) in [5.41, 5.74) is -0.0849. The average Bonchev–Trinajstić information content (AvgIpc) is 3.31. The molecule has 46 heavy (non-hydrogen) atoms. The molecule has 2 unspecified atom stereocenters. The molecule has 4 amide bonds. The summed E-state index contributed by atoms with van der Waals surface area (Å²) in [6.07, 6.45) is 0.393. The van der Waals surface area contributed by atoms with Gasteiger partial charge in [0.2, 0.25) is 11.8 Å². The molecule has 1 aromatic carbocycles. The van der Waals surface area contributed by atoms with E-state index >= 15 is 0 Å². The van der Waals surface area contributed by atoms with Crippen LogP contribution in [0.2, 0.25) is 0 Å². The highest BCUT2D eigenvalue weighted by molar-refractivity contribution is 5.94. The van der Waals surface area contributed by atoms with Crippen molar-refractivity contribution < 1.29 is 43.3 Å². The highest BCUT2D eigenvalue weighted by atomic mass is 16.6. The zero-order chi connectivity index (χ0) is 34.1. The Labute approximate surface area is 271 Å². The highest BCUT2D eigenvalue weighted by Crippen LogP contribution is 2.65. The van der Waals surface area contributed by atoms with Gasteiger partial charge >= 0.3 is 18.2 Å². The molecule has 4 N–H and O–H groups in total. The number of unbranched alkanes of at least 4 members (excludes halogenated alkanes) is 1. The van der Waals surface area contributed by atoms with Crippen molar-refractivity contribution in [1.82, 2.24) is 20.9 Å². The summed E-state index contributed by atoms with van der Waals surface area (Å²) in [6, 6.07) is 6.51. The monoisotopic (exact) mass is 646 g/mol. The summed E-state index contributed by atoms with van der Waals surface area (Å²) < 4.78 is 15.5. The Hall–Kier alpha value is -3.87. The number of hydrogen-bond acceptors (Lipinski definition) is 9. The van der Waals surface area contributed by atoms with E-state index in [1.807, 2.05) is 44.2 Å². The van der Waals surface area contributed by atoms with Crippen LogP contribution in [0.3, 0.4) is 0 Å². The molecule has 1 aromatic rings. The van der Waals surface area contributed by atoms with E-state index in [0.717, 1.165) is 5.56 Å². The summed E-state index contributed by atoms with van der Waals surface area (Å²) >= 11 is 0. The van der Waals surface area contributed by atoms with Gasteiger partial charge in [-0.1, -0.05) is 44.2 Å². The lowest BCUT2D eigenvalue weighted by Crippen LogP contribution is -2.57. The van der Waals surface area contributed by atoms with Crippen LogP contribution in [0.15, 0.2) is 30.3 Å². The second-order valence-electron chi connectivity index (χ2n) is 13.5. The number of alkyl carbamates (subject to hydrolysis) is 2. The first-order valence-corrected chi connectivity index (χ1v) is 15.9. The number of methoxy groups -OCH3 is 1. The number of nitrogens with zero attached hydrogens (tertiary/aromatic N) is 1. The van der Waals surface area contributed by atoms with Gasteiger partial charge in [-0.05, 0) is 75.7 Å². The minimum atomic E-state index is -0.999. The van der Waals surface area contributed by atoms with E-state index in [1.54, 1.807) is 20.8 Å². The molecule has 256 valence electrons. The number of esters is 1. The van der Waals surface area contributed by atoms with E-state index in [4.69, 9.17) is 14.2 Å². The number of rotatable bonds is 15. The molecule has 0 bridgehead atoms. The number of nitrogens with one attached hydrogen (secondary N) is 3. The third kappa shape index (κ3) is 10.1. The number of ether oxygens (including phenoxy) is 3. The predicted molar refractivity (Wildman–Crippen MR) is 168 cm³/mol. The molecule has 3 rings (SSSR count). The Kier molecular flexibility index (Phi) is 12.8. The minimum absolute atomic E-state index is 0.0801. The molecule has 13 nitrogen and oxygen atoms in total. The van der Waals surface area contributed by atoms with Crippen LogP contribution in [-0.2, 0) is 35.2 Å². The van der Waals surface area contributed by atoms with Crippen LogP contribution >= 0.6 is 0 Å². The number of aliphatic hydroxyl groups is 1. The van der Waals surface area contributed by atoms with Gasteiger partial charge in [0, 0.05) is 19.7 Å². The number of piperidine rings is 1. The van der Waals surface area contributed by atoms with Crippen molar-refractivity contribution in [3.63, 3.8) is 0 Å². The zero-order valence-electron chi connectivity index (χ0n) is 27.8. The van der Waals surface area contributed by atoms with Crippen molar-refractivity contribution in [3.8, 4) is 0 Å². The Bertz CT molecular complexity index is 1220. The summed E-state index contributed by atoms with van der Waals surface area (Å²) in [4.78, 5) is 66.3. The van der Waals surface area contributed by atoms with Crippen molar-refractivity contribution in [2.45, 2.75) is 97.1 Å². The molecule has 0 spiro atoms. The Morgan fingerprint density at radius 3 is 2.28 bits per heavy atom. The molecule has 1 aliphatic carbocycles. The standard InChI is InChI=1S/C33H50N4O9/c1-32(2,3)46-31(43)36-23(16-12-18-38)28(40)37-19-22-25(33(22,4)5)26(37)27(39)35-24(29(41)44-6)15-10-11-17-34-30(42)45-20-21-13-8-7-9-14-21/h7-9,13-14,22-26,38H,10-12,15-20H2,1-6H3,(H,34,42)(H,35,39)(H,36,43)/t22?,23-,24?,25-,26-/m0/s1. The number of carbonyl (C=O) groups is 5. The molecule has 0 radical (unpaired) electrons. The number of fused-ring (bicyclic) bond motifs is 1. The summed E-state index contributed by atoms with van der Waals surface area (Å²) in [7, 11) is 1.24. The Balaban J connectivity index is 1.59. The molecule has 1 heterocycles. The maximum atomic E-state index is 13.8. The molecular weight excluding hydrogens is 596 g/mol. The maximum absolute atomic E-state index is 13.8. The predicted octanol–water partition coefficient (Wildman–Crippen LogP) is 2.89. The molecule has 1 aliphatic heterocycles. The van der Waals surface area contributed by atoms with Crippen LogP contribution in [0.5, 0.6) is 0 Å². The number of benzene rings is 1. The third-order valence-corrected chi connectivity index (χ3v) is 8.60. The Morgan fingerprint density at radius 2 is 1.65 bits per heavy atom. The average molecular weight is 647 g/mol. The molecule has 1 saturated heterocycles. The second kappa shape index (κ2) is 16.1. The van der Waals surface area contributed by atoms with Crippen molar-refractivity contribution in [1.29, 1.82) is 0 Å². The van der Waals surface area contributed by atoms with Gasteiger partial charge in [0.25, 0.3) is 0 Å². The second-order valence-corrected chi connectivity index (χ2v) is 13.5. The van der Waals surface area contributed by atoms with Crippen LogP contribution < -0.4 is 16.0 Å². The van der Waals surface area contributed by atoms with E-state index < -0.39 is 53.7 Å². The largest absolute Gasteiger partial charge is 0.467 e. The van der Waals surface area contributed by atoms with Gasteiger partial charge in [0.1, 0.15) is 30.3 Å². The van der Waals surface area contributed by atoms with Gasteiger partial charge in [0.15, 0.2) is 0 Å². The maximum Gasteiger partial charge on any atom is 0.408 e. The van der Waals surface area contributed by atoms with Crippen LogP contribution in [0.1, 0.15) is 72.3 Å². The van der Waals surface area contributed by atoms with Gasteiger partial charge in [-0.3, -0.25) is 9.59 Å². The quantitative estimate of drug-likeness (QED) is 0.127. The van der Waals surface area contributed by atoms with Crippen molar-refractivity contribution in [3.05, 3.63) is 35.9 Å².